The molecule has 1 aliphatic heterocycles. The first kappa shape index (κ1) is 15.6. The van der Waals surface area contributed by atoms with Crippen LogP contribution in [0.25, 0.3) is 22.7 Å². The van der Waals surface area contributed by atoms with E-state index in [1.165, 1.54) is 12.3 Å². The number of anilines is 1. The van der Waals surface area contributed by atoms with Crippen LogP contribution in [0, 0.1) is 10.1 Å². The highest BCUT2D eigenvalue weighted by Gasteiger charge is 2.18. The van der Waals surface area contributed by atoms with Crippen LogP contribution in [0.15, 0.2) is 24.4 Å². The Morgan fingerprint density at radius 3 is 2.60 bits per heavy atom. The predicted octanol–water partition coefficient (Wildman–Crippen LogP) is 1.62. The molecule has 1 fully saturated rings. The molecule has 3 aromatic heterocycles. The van der Waals surface area contributed by atoms with Crippen molar-refractivity contribution < 1.29 is 4.92 Å². The summed E-state index contributed by atoms with van der Waals surface area (Å²) in [6.07, 6.45) is 1.48. The average Bonchev–Trinajstić information content (AvgIpc) is 3.18. The molecule has 9 heteroatoms. The summed E-state index contributed by atoms with van der Waals surface area (Å²) in [4.78, 5) is 27.5. The highest BCUT2D eigenvalue weighted by molar-refractivity contribution is 5.77. The number of nitrogens with one attached hydrogen (secondary N) is 1. The molecule has 0 spiro atoms. The minimum absolute atomic E-state index is 0.0454. The number of fused-ring (bicyclic) bond motifs is 1. The number of aromatic amines is 1. The van der Waals surface area contributed by atoms with Crippen LogP contribution in [0.5, 0.6) is 0 Å². The number of likely N-dealkylation sites (N-methyl/N-ethyl adjacent to an activating group) is 1. The number of hydrogen-bond donors (Lipinski definition) is 1. The molecule has 0 aliphatic carbocycles. The first-order chi connectivity index (χ1) is 12.0. The van der Waals surface area contributed by atoms with Gasteiger partial charge < -0.3 is 19.4 Å². The third kappa shape index (κ3) is 2.82. The summed E-state index contributed by atoms with van der Waals surface area (Å²) in [7, 11) is 3.88. The molecular formula is C16H19N7O2. The maximum absolute atomic E-state index is 11.0. The van der Waals surface area contributed by atoms with E-state index < -0.39 is 4.92 Å². The van der Waals surface area contributed by atoms with E-state index in [0.29, 0.717) is 17.2 Å². The molecule has 9 nitrogen and oxygen atoms in total. The molecule has 0 unspecified atom stereocenters. The third-order valence-electron chi connectivity index (χ3n) is 4.60. The number of H-pyrrole nitrogens is 1. The number of aryl methyl sites for hydroxylation is 1. The van der Waals surface area contributed by atoms with Crippen molar-refractivity contribution in [2.45, 2.75) is 0 Å². The monoisotopic (exact) mass is 341 g/mol. The van der Waals surface area contributed by atoms with E-state index in [1.807, 2.05) is 12.1 Å². The van der Waals surface area contributed by atoms with Gasteiger partial charge in [-0.1, -0.05) is 0 Å². The Labute approximate surface area is 144 Å². The van der Waals surface area contributed by atoms with Crippen LogP contribution in [0.3, 0.4) is 0 Å². The highest BCUT2D eigenvalue weighted by Crippen LogP contribution is 2.26. The van der Waals surface area contributed by atoms with Gasteiger partial charge in [-0.15, -0.1) is 0 Å². The molecule has 0 aromatic carbocycles. The van der Waals surface area contributed by atoms with Gasteiger partial charge in [-0.3, -0.25) is 10.1 Å². The summed E-state index contributed by atoms with van der Waals surface area (Å²) >= 11 is 0. The molecule has 3 aromatic rings. The van der Waals surface area contributed by atoms with Crippen molar-refractivity contribution in [2.24, 2.45) is 7.05 Å². The van der Waals surface area contributed by atoms with Gasteiger partial charge in [0, 0.05) is 39.3 Å². The second kappa shape index (κ2) is 5.85. The molecule has 1 aliphatic rings. The number of piperazine rings is 1. The fraction of sp³-hybridized carbons (Fsp3) is 0.375. The minimum Gasteiger partial charge on any atom is -0.354 e. The molecule has 1 N–H and O–H groups in total. The zero-order valence-electron chi connectivity index (χ0n) is 14.1. The van der Waals surface area contributed by atoms with Crippen molar-refractivity contribution in [3.05, 3.63) is 34.5 Å². The first-order valence-electron chi connectivity index (χ1n) is 8.12. The van der Waals surface area contributed by atoms with Gasteiger partial charge >= 0.3 is 0 Å². The summed E-state index contributed by atoms with van der Waals surface area (Å²) < 4.78 is 1.69. The van der Waals surface area contributed by atoms with Crippen LogP contribution in [-0.4, -0.2) is 62.6 Å². The number of rotatable bonds is 3. The van der Waals surface area contributed by atoms with Gasteiger partial charge in [-0.2, -0.15) is 0 Å². The fourth-order valence-electron chi connectivity index (χ4n) is 3.10. The van der Waals surface area contributed by atoms with E-state index >= 15 is 0 Å². The summed E-state index contributed by atoms with van der Waals surface area (Å²) in [6.45, 7) is 3.91. The lowest BCUT2D eigenvalue weighted by molar-refractivity contribution is -0.384. The van der Waals surface area contributed by atoms with E-state index in [2.05, 4.69) is 31.8 Å². The van der Waals surface area contributed by atoms with Gasteiger partial charge in [0.05, 0.1) is 22.3 Å². The van der Waals surface area contributed by atoms with Crippen LogP contribution in [0.1, 0.15) is 0 Å². The number of pyridine rings is 1. The number of nitro groups is 1. The van der Waals surface area contributed by atoms with Gasteiger partial charge in [0.2, 0.25) is 0 Å². The lowest BCUT2D eigenvalue weighted by atomic mass is 10.3. The normalized spacial score (nSPS) is 15.8. The number of imidazole rings is 1. The van der Waals surface area contributed by atoms with Crippen molar-refractivity contribution >= 4 is 22.7 Å². The second-order valence-corrected chi connectivity index (χ2v) is 6.37. The number of hydrogen-bond acceptors (Lipinski definition) is 6. The Hall–Kier alpha value is -2.94. The number of aromatic nitrogens is 4. The molecule has 0 radical (unpaired) electrons. The topological polar surface area (TPSA) is 96.1 Å². The van der Waals surface area contributed by atoms with E-state index in [4.69, 9.17) is 0 Å². The zero-order valence-corrected chi connectivity index (χ0v) is 14.1. The van der Waals surface area contributed by atoms with Crippen LogP contribution in [0.4, 0.5) is 11.5 Å². The average molecular weight is 341 g/mol. The van der Waals surface area contributed by atoms with E-state index in [-0.39, 0.29) is 5.69 Å². The van der Waals surface area contributed by atoms with Crippen molar-refractivity contribution in [1.29, 1.82) is 0 Å². The Morgan fingerprint density at radius 2 is 1.92 bits per heavy atom. The molecular weight excluding hydrogens is 322 g/mol. The number of nitrogens with zero attached hydrogens (tertiary/aromatic N) is 6. The van der Waals surface area contributed by atoms with Crippen LogP contribution < -0.4 is 4.90 Å². The molecule has 0 saturated carbocycles. The molecule has 0 bridgehead atoms. The largest absolute Gasteiger partial charge is 0.354 e. The van der Waals surface area contributed by atoms with Gasteiger partial charge in [0.1, 0.15) is 5.82 Å². The van der Waals surface area contributed by atoms with E-state index in [0.717, 1.165) is 37.5 Å². The molecule has 4 rings (SSSR count). The standard InChI is InChI=1S/C16H19N7O2/c1-20-5-7-22(8-6-20)14-4-3-12-15(18-14)19-16(17-12)13-9-11(23(24)25)10-21(13)2/h3-4,9-10H,5-8H2,1-2H3,(H,17,18,19). The second-order valence-electron chi connectivity index (χ2n) is 6.37. The molecule has 4 heterocycles. The van der Waals surface area contributed by atoms with Gasteiger partial charge in [0.15, 0.2) is 11.5 Å². The Bertz CT molecular complexity index is 937. The predicted molar refractivity (Wildman–Crippen MR) is 94.7 cm³/mol. The minimum atomic E-state index is -0.407. The molecule has 25 heavy (non-hydrogen) atoms. The maximum atomic E-state index is 11.0. The zero-order chi connectivity index (χ0) is 17.6. The van der Waals surface area contributed by atoms with Crippen molar-refractivity contribution in [3.63, 3.8) is 0 Å². The van der Waals surface area contributed by atoms with Gasteiger partial charge in [-0.25, -0.2) is 9.97 Å². The molecule has 0 amide bonds. The molecule has 0 atom stereocenters. The van der Waals surface area contributed by atoms with E-state index in [1.54, 1.807) is 11.6 Å². The summed E-state index contributed by atoms with van der Waals surface area (Å²) in [6, 6.07) is 5.46. The van der Waals surface area contributed by atoms with Crippen LogP contribution in [0.2, 0.25) is 0 Å². The van der Waals surface area contributed by atoms with Crippen molar-refractivity contribution in [1.82, 2.24) is 24.4 Å². The fourth-order valence-corrected chi connectivity index (χ4v) is 3.10. The summed E-state index contributed by atoms with van der Waals surface area (Å²) in [5, 5.41) is 11.0. The summed E-state index contributed by atoms with van der Waals surface area (Å²) in [5.41, 5.74) is 2.14. The van der Waals surface area contributed by atoms with Crippen LogP contribution >= 0.6 is 0 Å². The molecule has 1 saturated heterocycles. The first-order valence-corrected chi connectivity index (χ1v) is 8.12. The Morgan fingerprint density at radius 1 is 1.16 bits per heavy atom. The lowest BCUT2D eigenvalue weighted by Gasteiger charge is -2.33. The lowest BCUT2D eigenvalue weighted by Crippen LogP contribution is -2.44. The Balaban J connectivity index is 1.68. The van der Waals surface area contributed by atoms with E-state index in [9.17, 15) is 10.1 Å². The van der Waals surface area contributed by atoms with Crippen LogP contribution in [-0.2, 0) is 7.05 Å². The van der Waals surface area contributed by atoms with Crippen molar-refractivity contribution in [2.75, 3.05) is 38.1 Å². The summed E-state index contributed by atoms with van der Waals surface area (Å²) in [5.74, 6) is 1.49. The van der Waals surface area contributed by atoms with Gasteiger partial charge in [-0.05, 0) is 19.2 Å². The third-order valence-corrected chi connectivity index (χ3v) is 4.60. The SMILES string of the molecule is CN1CCN(c2ccc3[nH]c(-c4cc([N+](=O)[O-])cn4C)nc3n2)CC1. The van der Waals surface area contributed by atoms with Crippen molar-refractivity contribution in [3.8, 4) is 11.5 Å². The highest BCUT2D eigenvalue weighted by atomic mass is 16.6. The van der Waals surface area contributed by atoms with Gasteiger partial charge in [0.25, 0.3) is 5.69 Å². The quantitative estimate of drug-likeness (QED) is 0.574. The smallest absolute Gasteiger partial charge is 0.287 e. The maximum Gasteiger partial charge on any atom is 0.287 e. The molecule has 130 valence electrons. The Kier molecular flexibility index (Phi) is 3.65.